The molecule has 0 aliphatic heterocycles. The lowest BCUT2D eigenvalue weighted by molar-refractivity contribution is -0.130. The second kappa shape index (κ2) is 8.21. The summed E-state index contributed by atoms with van der Waals surface area (Å²) in [5, 5.41) is 5.81. The highest BCUT2D eigenvalue weighted by Gasteiger charge is 2.25. The number of sulfonamides is 1. The first-order chi connectivity index (χ1) is 13.3. The highest BCUT2D eigenvalue weighted by atomic mass is 32.2. The normalized spacial score (nSPS) is 11.7. The number of hydrogen-bond acceptors (Lipinski definition) is 7. The molecule has 0 spiro atoms. The minimum absolute atomic E-state index is 0.0929. The van der Waals surface area contributed by atoms with Crippen LogP contribution in [0.25, 0.3) is 10.7 Å². The van der Waals surface area contributed by atoms with Gasteiger partial charge in [0.25, 0.3) is 0 Å². The number of likely N-dealkylation sites (N-methyl/N-ethyl adjacent to an activating group) is 2. The van der Waals surface area contributed by atoms with Gasteiger partial charge in [0.2, 0.25) is 27.6 Å². The summed E-state index contributed by atoms with van der Waals surface area (Å²) in [4.78, 5) is 19.1. The second-order valence-corrected chi connectivity index (χ2v) is 9.31. The Morgan fingerprint density at radius 1 is 1.18 bits per heavy atom. The molecule has 0 bridgehead atoms. The van der Waals surface area contributed by atoms with E-state index in [0.717, 1.165) is 14.7 Å². The molecule has 0 unspecified atom stereocenters. The topological polar surface area (TPSA) is 96.6 Å². The number of aryl methyl sites for hydroxylation is 1. The predicted molar refractivity (Wildman–Crippen MR) is 105 cm³/mol. The van der Waals surface area contributed by atoms with Crippen LogP contribution in [0.4, 0.5) is 0 Å². The third kappa shape index (κ3) is 4.46. The van der Waals surface area contributed by atoms with E-state index < -0.39 is 10.0 Å². The van der Waals surface area contributed by atoms with E-state index in [1.54, 1.807) is 19.2 Å². The largest absolute Gasteiger partial charge is 0.337 e. The summed E-state index contributed by atoms with van der Waals surface area (Å²) in [6, 6.07) is 10.2. The highest BCUT2D eigenvalue weighted by Crippen LogP contribution is 2.21. The van der Waals surface area contributed by atoms with E-state index in [1.165, 1.54) is 35.4 Å². The minimum atomic E-state index is -3.75. The number of rotatable bonds is 7. The molecular formula is C18H20N4O4S2. The number of carbonyl (C=O) groups excluding carboxylic acids is 1. The van der Waals surface area contributed by atoms with Crippen molar-refractivity contribution in [1.82, 2.24) is 19.3 Å². The highest BCUT2D eigenvalue weighted by molar-refractivity contribution is 7.89. The molecular weight excluding hydrogens is 400 g/mol. The summed E-state index contributed by atoms with van der Waals surface area (Å²) in [5.41, 5.74) is 0.957. The van der Waals surface area contributed by atoms with Gasteiger partial charge in [0, 0.05) is 14.1 Å². The number of aromatic nitrogens is 2. The molecule has 10 heteroatoms. The van der Waals surface area contributed by atoms with Crippen LogP contribution in [-0.4, -0.2) is 54.3 Å². The summed E-state index contributed by atoms with van der Waals surface area (Å²) in [6.07, 6.45) is 0. The Hall–Kier alpha value is -2.56. The van der Waals surface area contributed by atoms with Gasteiger partial charge in [-0.3, -0.25) is 4.79 Å². The van der Waals surface area contributed by atoms with Gasteiger partial charge in [-0.25, -0.2) is 8.42 Å². The van der Waals surface area contributed by atoms with Gasteiger partial charge in [-0.15, -0.1) is 11.3 Å². The van der Waals surface area contributed by atoms with Gasteiger partial charge in [0.1, 0.15) is 0 Å². The molecule has 3 rings (SSSR count). The summed E-state index contributed by atoms with van der Waals surface area (Å²) in [6.45, 7) is 1.67. The van der Waals surface area contributed by atoms with Crippen molar-refractivity contribution in [1.29, 1.82) is 0 Å². The predicted octanol–water partition coefficient (Wildman–Crippen LogP) is 2.39. The Kier molecular flexibility index (Phi) is 5.92. The number of carbonyl (C=O) groups is 1. The molecule has 3 aromatic rings. The lowest BCUT2D eigenvalue weighted by Crippen LogP contribution is -2.39. The minimum Gasteiger partial charge on any atom is -0.337 e. The Bertz CT molecular complexity index is 1040. The van der Waals surface area contributed by atoms with Crippen molar-refractivity contribution >= 4 is 27.3 Å². The summed E-state index contributed by atoms with van der Waals surface area (Å²) >= 11 is 1.49. The van der Waals surface area contributed by atoms with Crippen molar-refractivity contribution < 1.29 is 17.7 Å². The molecule has 0 aliphatic rings. The fraction of sp³-hybridized carbons (Fsp3) is 0.278. The third-order valence-corrected chi connectivity index (χ3v) is 6.78. The lowest BCUT2D eigenvalue weighted by atomic mass is 10.2. The van der Waals surface area contributed by atoms with Crippen LogP contribution in [0, 0.1) is 6.92 Å². The molecule has 148 valence electrons. The van der Waals surface area contributed by atoms with Crippen molar-refractivity contribution in [2.75, 3.05) is 20.6 Å². The Morgan fingerprint density at radius 3 is 2.54 bits per heavy atom. The number of amides is 1. The fourth-order valence-corrected chi connectivity index (χ4v) is 4.17. The quantitative estimate of drug-likeness (QED) is 0.582. The summed E-state index contributed by atoms with van der Waals surface area (Å²) in [5.74, 6) is 0.363. The van der Waals surface area contributed by atoms with Crippen LogP contribution in [-0.2, 0) is 21.4 Å². The van der Waals surface area contributed by atoms with Gasteiger partial charge < -0.3 is 9.42 Å². The van der Waals surface area contributed by atoms with E-state index in [9.17, 15) is 13.2 Å². The number of nitrogens with zero attached hydrogens (tertiary/aromatic N) is 4. The average molecular weight is 421 g/mol. The molecule has 1 aromatic carbocycles. The molecule has 2 aromatic heterocycles. The third-order valence-electron chi connectivity index (χ3n) is 4.09. The first-order valence-corrected chi connectivity index (χ1v) is 10.7. The first-order valence-electron chi connectivity index (χ1n) is 8.41. The zero-order valence-corrected chi connectivity index (χ0v) is 17.3. The molecule has 28 heavy (non-hydrogen) atoms. The average Bonchev–Trinajstić information content (AvgIpc) is 3.33. The van der Waals surface area contributed by atoms with Crippen LogP contribution >= 0.6 is 11.3 Å². The monoisotopic (exact) mass is 420 g/mol. The molecule has 0 radical (unpaired) electrons. The van der Waals surface area contributed by atoms with E-state index in [1.807, 2.05) is 24.4 Å². The van der Waals surface area contributed by atoms with Gasteiger partial charge in [-0.05, 0) is 30.5 Å². The molecule has 0 N–H and O–H groups in total. The van der Waals surface area contributed by atoms with Gasteiger partial charge in [0.15, 0.2) is 0 Å². The maximum absolute atomic E-state index is 12.6. The van der Waals surface area contributed by atoms with Crippen LogP contribution in [0.2, 0.25) is 0 Å². The Labute approximate surface area is 167 Å². The SMILES string of the molecule is Cc1ccc(S(=O)(=O)N(C)CC(=O)N(C)Cc2nc(-c3cccs3)no2)cc1. The van der Waals surface area contributed by atoms with E-state index >= 15 is 0 Å². The van der Waals surface area contributed by atoms with Crippen LogP contribution in [0.15, 0.2) is 51.2 Å². The van der Waals surface area contributed by atoms with Crippen molar-refractivity contribution in [3.8, 4) is 10.7 Å². The molecule has 0 atom stereocenters. The van der Waals surface area contributed by atoms with E-state index in [4.69, 9.17) is 4.52 Å². The first kappa shape index (κ1) is 20.2. The molecule has 2 heterocycles. The van der Waals surface area contributed by atoms with Crippen molar-refractivity contribution in [3.05, 3.63) is 53.2 Å². The zero-order chi connectivity index (χ0) is 20.3. The van der Waals surface area contributed by atoms with E-state index in [-0.39, 0.29) is 29.8 Å². The second-order valence-electron chi connectivity index (χ2n) is 6.31. The van der Waals surface area contributed by atoms with Crippen molar-refractivity contribution in [3.63, 3.8) is 0 Å². The number of hydrogen-bond donors (Lipinski definition) is 0. The molecule has 0 fully saturated rings. The van der Waals surface area contributed by atoms with Gasteiger partial charge in [-0.2, -0.15) is 9.29 Å². The molecule has 1 amide bonds. The molecule has 0 saturated carbocycles. The number of thiophene rings is 1. The lowest BCUT2D eigenvalue weighted by Gasteiger charge is -2.20. The maximum atomic E-state index is 12.6. The van der Waals surface area contributed by atoms with Gasteiger partial charge >= 0.3 is 0 Å². The smallest absolute Gasteiger partial charge is 0.246 e. The van der Waals surface area contributed by atoms with Crippen LogP contribution in [0.5, 0.6) is 0 Å². The zero-order valence-electron chi connectivity index (χ0n) is 15.7. The molecule has 0 aliphatic carbocycles. The van der Waals surface area contributed by atoms with Gasteiger partial charge in [-0.1, -0.05) is 28.9 Å². The van der Waals surface area contributed by atoms with E-state index in [0.29, 0.717) is 5.82 Å². The summed E-state index contributed by atoms with van der Waals surface area (Å²) in [7, 11) is -0.810. The van der Waals surface area contributed by atoms with E-state index in [2.05, 4.69) is 10.1 Å². The number of benzene rings is 1. The van der Waals surface area contributed by atoms with Crippen LogP contribution in [0.1, 0.15) is 11.5 Å². The Morgan fingerprint density at radius 2 is 1.89 bits per heavy atom. The van der Waals surface area contributed by atoms with Crippen LogP contribution in [0.3, 0.4) is 0 Å². The van der Waals surface area contributed by atoms with Crippen molar-refractivity contribution in [2.45, 2.75) is 18.4 Å². The maximum Gasteiger partial charge on any atom is 0.246 e. The van der Waals surface area contributed by atoms with Crippen molar-refractivity contribution in [2.24, 2.45) is 0 Å². The standard InChI is InChI=1S/C18H20N4O4S2/c1-13-6-8-14(9-7-13)28(24,25)22(3)12-17(23)21(2)11-16-19-18(20-26-16)15-5-4-10-27-15/h4-10H,11-12H2,1-3H3. The fourth-order valence-electron chi connectivity index (χ4n) is 2.40. The van der Waals surface area contributed by atoms with Crippen LogP contribution < -0.4 is 0 Å². The molecule has 8 nitrogen and oxygen atoms in total. The molecule has 0 saturated heterocycles. The Balaban J connectivity index is 1.63. The van der Waals surface area contributed by atoms with Gasteiger partial charge in [0.05, 0.1) is 22.9 Å². The summed E-state index contributed by atoms with van der Waals surface area (Å²) < 4.78 is 31.4.